The number of benzene rings is 2. The first kappa shape index (κ1) is 21.0. The maximum atomic E-state index is 13.8. The van der Waals surface area contributed by atoms with Gasteiger partial charge >= 0.3 is 0 Å². The first-order chi connectivity index (χ1) is 12.4. The lowest BCUT2D eigenvalue weighted by atomic mass is 10.1. The van der Waals surface area contributed by atoms with E-state index in [1.807, 2.05) is 0 Å². The Morgan fingerprint density at radius 1 is 1.04 bits per heavy atom. The summed E-state index contributed by atoms with van der Waals surface area (Å²) in [6, 6.07) is 6.08. The van der Waals surface area contributed by atoms with E-state index in [-0.39, 0.29) is 22.6 Å². The van der Waals surface area contributed by atoms with Crippen molar-refractivity contribution in [1.82, 2.24) is 9.21 Å². The van der Waals surface area contributed by atoms with Crippen LogP contribution in [0.5, 0.6) is 0 Å². The van der Waals surface area contributed by atoms with Crippen LogP contribution < -0.4 is 0 Å². The zero-order valence-electron chi connectivity index (χ0n) is 15.9. The molecule has 0 aliphatic heterocycles. The Bertz CT molecular complexity index is 989. The van der Waals surface area contributed by atoms with Crippen LogP contribution in [0.1, 0.15) is 27.0 Å². The van der Waals surface area contributed by atoms with Gasteiger partial charge in [0.1, 0.15) is 11.6 Å². The Hall–Kier alpha value is -2.32. The third-order valence-electron chi connectivity index (χ3n) is 4.39. The topological polar surface area (TPSA) is 57.7 Å². The van der Waals surface area contributed by atoms with Crippen LogP contribution in [0, 0.1) is 25.5 Å². The number of rotatable bonds is 5. The Balaban J connectivity index is 2.39. The molecule has 0 N–H and O–H groups in total. The number of halogens is 2. The van der Waals surface area contributed by atoms with E-state index in [1.54, 1.807) is 19.9 Å². The normalized spacial score (nSPS) is 11.7. The molecule has 1 amide bonds. The van der Waals surface area contributed by atoms with Crippen LogP contribution in [0.15, 0.2) is 35.2 Å². The summed E-state index contributed by atoms with van der Waals surface area (Å²) in [7, 11) is 0.589. The average molecular weight is 396 g/mol. The Morgan fingerprint density at radius 2 is 1.67 bits per heavy atom. The molecule has 2 rings (SSSR count). The van der Waals surface area contributed by atoms with Crippen molar-refractivity contribution in [2.24, 2.45) is 0 Å². The smallest absolute Gasteiger partial charge is 0.253 e. The number of hydrogen-bond donors (Lipinski definition) is 0. The number of nitrogens with zero attached hydrogens (tertiary/aromatic N) is 2. The quantitative estimate of drug-likeness (QED) is 0.780. The molecule has 2 aromatic carbocycles. The highest BCUT2D eigenvalue weighted by Crippen LogP contribution is 2.24. The maximum Gasteiger partial charge on any atom is 0.253 e. The maximum absolute atomic E-state index is 13.8. The molecule has 8 heteroatoms. The molecule has 0 saturated carbocycles. The lowest BCUT2D eigenvalue weighted by Gasteiger charge is -2.20. The predicted molar refractivity (Wildman–Crippen MR) is 98.9 cm³/mol. The second-order valence-electron chi connectivity index (χ2n) is 6.60. The minimum Gasteiger partial charge on any atom is -0.337 e. The van der Waals surface area contributed by atoms with Crippen LogP contribution in [-0.2, 0) is 16.6 Å². The van der Waals surface area contributed by atoms with Gasteiger partial charge in [-0.05, 0) is 43.2 Å². The Kier molecular flexibility index (Phi) is 6.01. The summed E-state index contributed by atoms with van der Waals surface area (Å²) < 4.78 is 53.0. The summed E-state index contributed by atoms with van der Waals surface area (Å²) in [5, 5.41) is 0. The fourth-order valence-electron chi connectivity index (χ4n) is 2.61. The molecule has 0 radical (unpaired) electrons. The molecule has 0 saturated heterocycles. The van der Waals surface area contributed by atoms with Gasteiger partial charge in [-0.25, -0.2) is 21.5 Å². The number of hydrogen-bond acceptors (Lipinski definition) is 3. The van der Waals surface area contributed by atoms with Crippen LogP contribution in [-0.4, -0.2) is 44.7 Å². The molecule has 27 heavy (non-hydrogen) atoms. The van der Waals surface area contributed by atoms with Crippen molar-refractivity contribution in [3.8, 4) is 0 Å². The van der Waals surface area contributed by atoms with Gasteiger partial charge in [0, 0.05) is 44.9 Å². The van der Waals surface area contributed by atoms with Crippen molar-refractivity contribution >= 4 is 15.9 Å². The van der Waals surface area contributed by atoms with Crippen molar-refractivity contribution in [3.05, 3.63) is 64.2 Å². The van der Waals surface area contributed by atoms with E-state index in [0.29, 0.717) is 11.1 Å². The summed E-state index contributed by atoms with van der Waals surface area (Å²) in [5.41, 5.74) is 1.57. The number of amides is 1. The van der Waals surface area contributed by atoms with Gasteiger partial charge in [0.05, 0.1) is 4.90 Å². The van der Waals surface area contributed by atoms with E-state index in [9.17, 15) is 22.0 Å². The Morgan fingerprint density at radius 3 is 2.22 bits per heavy atom. The van der Waals surface area contributed by atoms with Gasteiger partial charge < -0.3 is 4.90 Å². The van der Waals surface area contributed by atoms with Gasteiger partial charge in [-0.15, -0.1) is 0 Å². The summed E-state index contributed by atoms with van der Waals surface area (Å²) in [6.45, 7) is 3.33. The third kappa shape index (κ3) is 4.33. The van der Waals surface area contributed by atoms with Gasteiger partial charge in [-0.3, -0.25) is 4.79 Å². The molecule has 0 bridgehead atoms. The number of sulfonamides is 1. The molecule has 0 atom stereocenters. The lowest BCUT2D eigenvalue weighted by Crippen LogP contribution is -2.28. The van der Waals surface area contributed by atoms with Gasteiger partial charge in [-0.2, -0.15) is 0 Å². The second kappa shape index (κ2) is 7.74. The molecule has 2 aromatic rings. The molecule has 146 valence electrons. The minimum absolute atomic E-state index is 0.0530. The fraction of sp³-hybridized carbons (Fsp3) is 0.316. The van der Waals surface area contributed by atoms with Gasteiger partial charge in [0.15, 0.2) is 0 Å². The van der Waals surface area contributed by atoms with Crippen molar-refractivity contribution in [2.45, 2.75) is 25.3 Å². The van der Waals surface area contributed by atoms with E-state index in [4.69, 9.17) is 0 Å². The van der Waals surface area contributed by atoms with Gasteiger partial charge in [0.25, 0.3) is 5.91 Å². The lowest BCUT2D eigenvalue weighted by molar-refractivity contribution is 0.0783. The van der Waals surface area contributed by atoms with Crippen molar-refractivity contribution in [1.29, 1.82) is 0 Å². The molecule has 5 nitrogen and oxygen atoms in total. The second-order valence-corrected chi connectivity index (χ2v) is 8.72. The number of aryl methyl sites for hydroxylation is 1. The summed E-state index contributed by atoms with van der Waals surface area (Å²) in [6.07, 6.45) is 0. The van der Waals surface area contributed by atoms with E-state index in [0.717, 1.165) is 16.4 Å². The molecule has 0 spiro atoms. The molecule has 0 aliphatic carbocycles. The zero-order chi connectivity index (χ0) is 20.5. The van der Waals surface area contributed by atoms with Crippen molar-refractivity contribution in [2.75, 3.05) is 21.1 Å². The summed E-state index contributed by atoms with van der Waals surface area (Å²) >= 11 is 0. The predicted octanol–water partition coefficient (Wildman–Crippen LogP) is 3.10. The fourth-order valence-corrected chi connectivity index (χ4v) is 3.83. The zero-order valence-corrected chi connectivity index (χ0v) is 16.7. The van der Waals surface area contributed by atoms with Crippen molar-refractivity contribution < 1.29 is 22.0 Å². The van der Waals surface area contributed by atoms with Crippen LogP contribution in [0.3, 0.4) is 0 Å². The van der Waals surface area contributed by atoms with E-state index < -0.39 is 27.6 Å². The molecule has 0 heterocycles. The number of carbonyl (C=O) groups excluding carboxylic acids is 1. The first-order valence-electron chi connectivity index (χ1n) is 8.18. The largest absolute Gasteiger partial charge is 0.337 e. The molecule has 0 fully saturated rings. The summed E-state index contributed by atoms with van der Waals surface area (Å²) in [4.78, 5) is 14.1. The highest BCUT2D eigenvalue weighted by Gasteiger charge is 2.24. The average Bonchev–Trinajstić information content (AvgIpc) is 2.58. The molecule has 0 aliphatic rings. The highest BCUT2D eigenvalue weighted by atomic mass is 32.2. The van der Waals surface area contributed by atoms with Crippen LogP contribution in [0.25, 0.3) is 0 Å². The Labute approximate surface area is 158 Å². The molecular weight excluding hydrogens is 374 g/mol. The highest BCUT2D eigenvalue weighted by molar-refractivity contribution is 7.89. The SMILES string of the molecule is Cc1cc(C(=O)N(C)Cc2ccc(F)cc2F)cc(S(=O)(=O)N(C)C)c1C. The van der Waals surface area contributed by atoms with Crippen LogP contribution in [0.2, 0.25) is 0 Å². The molecule has 0 aromatic heterocycles. The number of carbonyl (C=O) groups is 1. The van der Waals surface area contributed by atoms with Crippen molar-refractivity contribution in [3.63, 3.8) is 0 Å². The van der Waals surface area contributed by atoms with Crippen LogP contribution in [0.4, 0.5) is 8.78 Å². The van der Waals surface area contributed by atoms with E-state index in [1.165, 1.54) is 38.2 Å². The van der Waals surface area contributed by atoms with Gasteiger partial charge in [0.2, 0.25) is 10.0 Å². The van der Waals surface area contributed by atoms with Gasteiger partial charge in [-0.1, -0.05) is 6.07 Å². The standard InChI is InChI=1S/C19H22F2N2O3S/c1-12-8-15(9-18(13(12)2)27(25,26)22(3)4)19(24)23(5)11-14-6-7-16(20)10-17(14)21/h6-10H,11H2,1-5H3. The van der Waals surface area contributed by atoms with E-state index in [2.05, 4.69) is 0 Å². The van der Waals surface area contributed by atoms with E-state index >= 15 is 0 Å². The first-order valence-corrected chi connectivity index (χ1v) is 9.62. The van der Waals surface area contributed by atoms with Crippen LogP contribution >= 0.6 is 0 Å². The minimum atomic E-state index is -3.72. The monoisotopic (exact) mass is 396 g/mol. The molecule has 0 unspecified atom stereocenters. The third-order valence-corrected chi connectivity index (χ3v) is 6.34. The summed E-state index contributed by atoms with van der Waals surface area (Å²) in [5.74, 6) is -1.90. The molecular formula is C19H22F2N2O3S.